The Morgan fingerprint density at radius 3 is 3.27 bits per heavy atom. The van der Waals surface area contributed by atoms with Crippen LogP contribution < -0.4 is 10.1 Å². The van der Waals surface area contributed by atoms with Gasteiger partial charge in [-0.1, -0.05) is 0 Å². The van der Waals surface area contributed by atoms with Crippen LogP contribution in [0.5, 0.6) is 5.19 Å². The van der Waals surface area contributed by atoms with Gasteiger partial charge in [0.2, 0.25) is 0 Å². The van der Waals surface area contributed by atoms with Crippen molar-refractivity contribution in [3.63, 3.8) is 0 Å². The summed E-state index contributed by atoms with van der Waals surface area (Å²) in [7, 11) is 0. The van der Waals surface area contributed by atoms with Crippen molar-refractivity contribution in [1.29, 1.82) is 0 Å². The zero-order valence-electron chi connectivity index (χ0n) is 8.01. The molecule has 0 radical (unpaired) electrons. The first-order chi connectivity index (χ1) is 7.25. The molecule has 0 bridgehead atoms. The molecule has 2 heterocycles. The molecule has 7 heteroatoms. The molecule has 0 spiro atoms. The molecular weight excluding hydrogens is 218 g/mol. The minimum Gasteiger partial charge on any atom is -0.470 e. The van der Waals surface area contributed by atoms with Crippen LogP contribution in [-0.4, -0.2) is 29.6 Å². The van der Waals surface area contributed by atoms with Gasteiger partial charge in [-0.25, -0.2) is 4.98 Å². The van der Waals surface area contributed by atoms with Crippen molar-refractivity contribution in [2.45, 2.75) is 6.42 Å². The van der Waals surface area contributed by atoms with Gasteiger partial charge >= 0.3 is 5.00 Å². The largest absolute Gasteiger partial charge is 0.470 e. The summed E-state index contributed by atoms with van der Waals surface area (Å²) in [5.41, 5.74) is 0. The van der Waals surface area contributed by atoms with Crippen molar-refractivity contribution < 1.29 is 9.66 Å². The van der Waals surface area contributed by atoms with Gasteiger partial charge in [-0.3, -0.25) is 10.1 Å². The van der Waals surface area contributed by atoms with Gasteiger partial charge in [-0.2, -0.15) is 0 Å². The molecule has 1 atom stereocenters. The van der Waals surface area contributed by atoms with E-state index in [2.05, 4.69) is 10.3 Å². The minimum atomic E-state index is -0.457. The molecule has 1 saturated heterocycles. The summed E-state index contributed by atoms with van der Waals surface area (Å²) in [5, 5.41) is 14.0. The number of hydrogen-bond donors (Lipinski definition) is 1. The zero-order chi connectivity index (χ0) is 10.7. The lowest BCUT2D eigenvalue weighted by Crippen LogP contribution is -2.15. The second kappa shape index (κ2) is 4.54. The fourth-order valence-electron chi connectivity index (χ4n) is 1.45. The van der Waals surface area contributed by atoms with E-state index in [0.29, 0.717) is 17.7 Å². The highest BCUT2D eigenvalue weighted by atomic mass is 32.1. The first kappa shape index (κ1) is 10.3. The van der Waals surface area contributed by atoms with E-state index in [1.54, 1.807) is 0 Å². The van der Waals surface area contributed by atoms with Gasteiger partial charge in [0.25, 0.3) is 5.19 Å². The van der Waals surface area contributed by atoms with Crippen LogP contribution in [0, 0.1) is 16.0 Å². The maximum Gasteiger partial charge on any atom is 0.347 e. The van der Waals surface area contributed by atoms with Crippen LogP contribution in [0.2, 0.25) is 0 Å². The molecule has 1 aromatic rings. The van der Waals surface area contributed by atoms with Crippen LogP contribution in [0.3, 0.4) is 0 Å². The molecule has 1 fully saturated rings. The number of nitrogens with one attached hydrogen (secondary N) is 1. The van der Waals surface area contributed by atoms with E-state index >= 15 is 0 Å². The van der Waals surface area contributed by atoms with Crippen LogP contribution in [0.25, 0.3) is 0 Å². The van der Waals surface area contributed by atoms with Gasteiger partial charge in [-0.15, -0.1) is 0 Å². The molecule has 2 rings (SSSR count). The normalized spacial score (nSPS) is 20.4. The van der Waals surface area contributed by atoms with E-state index in [-0.39, 0.29) is 5.00 Å². The summed E-state index contributed by atoms with van der Waals surface area (Å²) in [6.45, 7) is 2.55. The highest BCUT2D eigenvalue weighted by Gasteiger charge is 2.17. The summed E-state index contributed by atoms with van der Waals surface area (Å²) in [4.78, 5) is 13.8. The van der Waals surface area contributed by atoms with Crippen molar-refractivity contribution in [2.24, 2.45) is 5.92 Å². The Labute approximate surface area is 90.4 Å². The Hall–Kier alpha value is -1.21. The molecule has 6 nitrogen and oxygen atoms in total. The average molecular weight is 229 g/mol. The number of nitrogens with zero attached hydrogens (tertiary/aromatic N) is 2. The predicted molar refractivity (Wildman–Crippen MR) is 55.2 cm³/mol. The maximum absolute atomic E-state index is 10.4. The molecule has 0 aliphatic carbocycles. The molecule has 0 amide bonds. The van der Waals surface area contributed by atoms with Crippen LogP contribution in [-0.2, 0) is 0 Å². The van der Waals surface area contributed by atoms with E-state index in [1.807, 2.05) is 0 Å². The number of hydrogen-bond acceptors (Lipinski definition) is 6. The highest BCUT2D eigenvalue weighted by Crippen LogP contribution is 2.27. The molecule has 0 aromatic carbocycles. The van der Waals surface area contributed by atoms with Crippen molar-refractivity contribution in [3.05, 3.63) is 16.3 Å². The predicted octanol–water partition coefficient (Wildman–Crippen LogP) is 1.04. The standard InChI is InChI=1S/C8H11N3O3S/c12-11(13)7-4-10-8(15-7)14-5-6-1-2-9-3-6/h4,6,9H,1-3,5H2. The number of nitro groups is 1. The van der Waals surface area contributed by atoms with E-state index in [1.165, 1.54) is 6.20 Å². The molecule has 1 unspecified atom stereocenters. The SMILES string of the molecule is O=[N+]([O-])c1cnc(OCC2CCNC2)s1. The Bertz CT molecular complexity index is 349. The molecule has 82 valence electrons. The second-order valence-electron chi connectivity index (χ2n) is 3.39. The smallest absolute Gasteiger partial charge is 0.347 e. The van der Waals surface area contributed by atoms with Gasteiger partial charge < -0.3 is 10.1 Å². The van der Waals surface area contributed by atoms with E-state index < -0.39 is 4.92 Å². The van der Waals surface area contributed by atoms with Gasteiger partial charge in [0.05, 0.1) is 11.5 Å². The molecule has 1 N–H and O–H groups in total. The Kier molecular flexibility index (Phi) is 3.12. The third kappa shape index (κ3) is 2.63. The molecule has 1 aliphatic rings. The summed E-state index contributed by atoms with van der Waals surface area (Å²) >= 11 is 0.972. The lowest BCUT2D eigenvalue weighted by atomic mass is 10.1. The summed E-state index contributed by atoms with van der Waals surface area (Å²) in [6.07, 6.45) is 2.32. The van der Waals surface area contributed by atoms with E-state index in [0.717, 1.165) is 30.8 Å². The molecule has 1 aliphatic heterocycles. The van der Waals surface area contributed by atoms with Gasteiger partial charge in [0.1, 0.15) is 6.20 Å². The lowest BCUT2D eigenvalue weighted by molar-refractivity contribution is -0.380. The summed E-state index contributed by atoms with van der Waals surface area (Å²) < 4.78 is 5.38. The first-order valence-electron chi connectivity index (χ1n) is 4.69. The van der Waals surface area contributed by atoms with Crippen molar-refractivity contribution in [3.8, 4) is 5.19 Å². The fraction of sp³-hybridized carbons (Fsp3) is 0.625. The minimum absolute atomic E-state index is 0.0227. The van der Waals surface area contributed by atoms with Crippen LogP contribution in [0.15, 0.2) is 6.20 Å². The monoisotopic (exact) mass is 229 g/mol. The second-order valence-corrected chi connectivity index (χ2v) is 4.36. The third-order valence-electron chi connectivity index (χ3n) is 2.26. The van der Waals surface area contributed by atoms with Crippen molar-refractivity contribution >= 4 is 16.3 Å². The maximum atomic E-state index is 10.4. The van der Waals surface area contributed by atoms with Crippen LogP contribution in [0.1, 0.15) is 6.42 Å². The lowest BCUT2D eigenvalue weighted by Gasteiger charge is -2.06. The van der Waals surface area contributed by atoms with Gasteiger partial charge in [-0.05, 0) is 24.3 Å². The zero-order valence-corrected chi connectivity index (χ0v) is 8.83. The molecular formula is C8H11N3O3S. The number of aromatic nitrogens is 1. The summed E-state index contributed by atoms with van der Waals surface area (Å²) in [6, 6.07) is 0. The number of thiazole rings is 1. The van der Waals surface area contributed by atoms with Gasteiger partial charge in [0.15, 0.2) is 0 Å². The summed E-state index contributed by atoms with van der Waals surface area (Å²) in [5.74, 6) is 0.493. The molecule has 1 aromatic heterocycles. The molecule has 15 heavy (non-hydrogen) atoms. The van der Waals surface area contributed by atoms with Crippen LogP contribution in [0.4, 0.5) is 5.00 Å². The average Bonchev–Trinajstić information content (AvgIpc) is 2.86. The van der Waals surface area contributed by atoms with Crippen molar-refractivity contribution in [2.75, 3.05) is 19.7 Å². The van der Waals surface area contributed by atoms with E-state index in [9.17, 15) is 10.1 Å². The fourth-order valence-corrected chi connectivity index (χ4v) is 2.04. The first-order valence-corrected chi connectivity index (χ1v) is 5.51. The Balaban J connectivity index is 1.84. The Morgan fingerprint density at radius 1 is 1.80 bits per heavy atom. The number of rotatable bonds is 4. The number of ether oxygens (including phenoxy) is 1. The van der Waals surface area contributed by atoms with Gasteiger partial charge in [0, 0.05) is 12.5 Å². The highest BCUT2D eigenvalue weighted by molar-refractivity contribution is 7.16. The van der Waals surface area contributed by atoms with Crippen molar-refractivity contribution in [1.82, 2.24) is 10.3 Å². The topological polar surface area (TPSA) is 77.3 Å². The van der Waals surface area contributed by atoms with Crippen LogP contribution >= 0.6 is 11.3 Å². The third-order valence-corrected chi connectivity index (χ3v) is 3.12. The quantitative estimate of drug-likeness (QED) is 0.616. The molecule has 0 saturated carbocycles. The Morgan fingerprint density at radius 2 is 2.67 bits per heavy atom. The van der Waals surface area contributed by atoms with E-state index in [4.69, 9.17) is 4.74 Å².